The summed E-state index contributed by atoms with van der Waals surface area (Å²) in [6.07, 6.45) is 11.5. The van der Waals surface area contributed by atoms with Gasteiger partial charge in [0.15, 0.2) is 0 Å². The molecular weight excluding hydrogens is 326 g/mol. The minimum Gasteiger partial charge on any atom is -0.344 e. The summed E-state index contributed by atoms with van der Waals surface area (Å²) in [4.78, 5) is 23.3. The van der Waals surface area contributed by atoms with Crippen molar-refractivity contribution < 1.29 is 4.79 Å². The zero-order valence-electron chi connectivity index (χ0n) is 15.5. The summed E-state index contributed by atoms with van der Waals surface area (Å²) in [5.41, 5.74) is 1.88. The van der Waals surface area contributed by atoms with Gasteiger partial charge in [0.1, 0.15) is 11.4 Å². The summed E-state index contributed by atoms with van der Waals surface area (Å²) in [5.74, 6) is 1.02. The Balaban J connectivity index is 1.41. The van der Waals surface area contributed by atoms with Crippen molar-refractivity contribution in [2.24, 2.45) is 0 Å². The fourth-order valence-electron chi connectivity index (χ4n) is 4.87. The molecule has 6 heteroatoms. The van der Waals surface area contributed by atoms with Crippen LogP contribution < -0.4 is 5.32 Å². The van der Waals surface area contributed by atoms with Crippen molar-refractivity contribution in [3.8, 4) is 6.07 Å². The number of fused-ring (bicyclic) bond motifs is 1. The largest absolute Gasteiger partial charge is 0.344 e. The van der Waals surface area contributed by atoms with Gasteiger partial charge in [0, 0.05) is 5.69 Å². The summed E-state index contributed by atoms with van der Waals surface area (Å²) in [5, 5.41) is 12.6. The first-order chi connectivity index (χ1) is 12.7. The second-order valence-electron chi connectivity index (χ2n) is 8.19. The lowest BCUT2D eigenvalue weighted by Crippen LogP contribution is -2.51. The number of imidazole rings is 1. The maximum absolute atomic E-state index is 12.7. The monoisotopic (exact) mass is 355 g/mol. The Morgan fingerprint density at radius 1 is 1.23 bits per heavy atom. The van der Waals surface area contributed by atoms with Gasteiger partial charge in [0.25, 0.3) is 0 Å². The third-order valence-electron chi connectivity index (χ3n) is 6.30. The molecular formula is C20H29N5O. The fraction of sp³-hybridized carbons (Fsp3) is 0.750. The lowest BCUT2D eigenvalue weighted by Gasteiger charge is -2.32. The van der Waals surface area contributed by atoms with Crippen LogP contribution >= 0.6 is 0 Å². The molecule has 1 aromatic heterocycles. The van der Waals surface area contributed by atoms with E-state index in [2.05, 4.69) is 21.3 Å². The second-order valence-corrected chi connectivity index (χ2v) is 8.19. The van der Waals surface area contributed by atoms with Crippen LogP contribution in [0.5, 0.6) is 0 Å². The van der Waals surface area contributed by atoms with Crippen LogP contribution in [-0.2, 0) is 17.6 Å². The van der Waals surface area contributed by atoms with Gasteiger partial charge in [0.2, 0.25) is 5.91 Å². The van der Waals surface area contributed by atoms with Crippen LogP contribution in [0, 0.1) is 11.3 Å². The first-order valence-corrected chi connectivity index (χ1v) is 10.2. The quantitative estimate of drug-likeness (QED) is 0.870. The Kier molecular flexibility index (Phi) is 4.99. The number of likely N-dealkylation sites (tertiary alicyclic amines) is 1. The maximum atomic E-state index is 12.7. The van der Waals surface area contributed by atoms with Crippen LogP contribution in [0.2, 0.25) is 0 Å². The van der Waals surface area contributed by atoms with Gasteiger partial charge in [-0.25, -0.2) is 4.98 Å². The molecule has 2 heterocycles. The highest BCUT2D eigenvalue weighted by atomic mass is 16.2. The number of H-pyrrole nitrogens is 1. The van der Waals surface area contributed by atoms with Crippen molar-refractivity contribution in [3.05, 3.63) is 17.2 Å². The number of nitrogens with zero attached hydrogens (tertiary/aromatic N) is 3. The molecule has 1 aromatic rings. The highest BCUT2D eigenvalue weighted by molar-refractivity contribution is 5.79. The van der Waals surface area contributed by atoms with Gasteiger partial charge >= 0.3 is 0 Å². The lowest BCUT2D eigenvalue weighted by atomic mass is 9.83. The summed E-state index contributed by atoms with van der Waals surface area (Å²) in [6.45, 7) is 1.28. The molecule has 3 aliphatic rings. The highest BCUT2D eigenvalue weighted by Crippen LogP contribution is 2.32. The Labute approximate surface area is 155 Å². The molecule has 26 heavy (non-hydrogen) atoms. The molecule has 2 fully saturated rings. The molecule has 0 aromatic carbocycles. The standard InChI is InChI=1S/C20H29N5O/c21-14-20(10-4-1-5-11-20)24-18(26)13-25-12-6-9-17(25)19-22-15-7-2-3-8-16(15)23-19/h17H,1-13H2,(H,22,23)(H,24,26). The third-order valence-corrected chi connectivity index (χ3v) is 6.30. The molecule has 4 rings (SSSR count). The van der Waals surface area contributed by atoms with E-state index < -0.39 is 5.54 Å². The van der Waals surface area contributed by atoms with Gasteiger partial charge in [-0.05, 0) is 57.9 Å². The van der Waals surface area contributed by atoms with E-state index in [0.717, 1.165) is 70.2 Å². The molecule has 1 atom stereocenters. The van der Waals surface area contributed by atoms with Crippen LogP contribution in [0.4, 0.5) is 0 Å². The summed E-state index contributed by atoms with van der Waals surface area (Å²) >= 11 is 0. The molecule has 1 saturated heterocycles. The number of rotatable bonds is 4. The molecule has 1 aliphatic heterocycles. The Morgan fingerprint density at radius 2 is 2.04 bits per heavy atom. The van der Waals surface area contributed by atoms with Crippen molar-refractivity contribution in [2.45, 2.75) is 82.2 Å². The highest BCUT2D eigenvalue weighted by Gasteiger charge is 2.36. The molecule has 1 saturated carbocycles. The van der Waals surface area contributed by atoms with E-state index in [1.54, 1.807) is 0 Å². The van der Waals surface area contributed by atoms with Crippen LogP contribution in [0.15, 0.2) is 0 Å². The number of aromatic amines is 1. The van der Waals surface area contributed by atoms with E-state index in [1.165, 1.54) is 24.2 Å². The number of amides is 1. The SMILES string of the molecule is N#CC1(NC(=O)CN2CCCC2c2nc3c([nH]2)CCCC3)CCCCC1. The molecule has 1 amide bonds. The summed E-state index contributed by atoms with van der Waals surface area (Å²) in [6, 6.07) is 2.58. The molecule has 0 spiro atoms. The number of hydrogen-bond donors (Lipinski definition) is 2. The van der Waals surface area contributed by atoms with Gasteiger partial charge in [0.05, 0.1) is 24.3 Å². The normalized spacial score (nSPS) is 25.4. The predicted octanol–water partition coefficient (Wildman–Crippen LogP) is 2.77. The van der Waals surface area contributed by atoms with Crippen molar-refractivity contribution >= 4 is 5.91 Å². The smallest absolute Gasteiger partial charge is 0.235 e. The third kappa shape index (κ3) is 3.50. The van der Waals surface area contributed by atoms with Crippen molar-refractivity contribution in [1.29, 1.82) is 5.26 Å². The average Bonchev–Trinajstić information content (AvgIpc) is 3.28. The number of carbonyl (C=O) groups excluding carboxylic acids is 1. The van der Waals surface area contributed by atoms with E-state index in [4.69, 9.17) is 4.98 Å². The number of nitrogens with one attached hydrogen (secondary N) is 2. The number of carbonyl (C=O) groups is 1. The minimum atomic E-state index is -0.645. The van der Waals surface area contributed by atoms with Crippen LogP contribution in [0.3, 0.4) is 0 Å². The second kappa shape index (κ2) is 7.40. The van der Waals surface area contributed by atoms with Crippen molar-refractivity contribution in [3.63, 3.8) is 0 Å². The molecule has 0 bridgehead atoms. The molecule has 2 aliphatic carbocycles. The Bertz CT molecular complexity index is 674. The van der Waals surface area contributed by atoms with Crippen molar-refractivity contribution in [1.82, 2.24) is 20.2 Å². The topological polar surface area (TPSA) is 84.8 Å². The molecule has 0 radical (unpaired) electrons. The fourth-order valence-corrected chi connectivity index (χ4v) is 4.87. The zero-order chi connectivity index (χ0) is 18.0. The molecule has 140 valence electrons. The van der Waals surface area contributed by atoms with Gasteiger partial charge in [-0.1, -0.05) is 19.3 Å². The number of hydrogen-bond acceptors (Lipinski definition) is 4. The Hall–Kier alpha value is -1.87. The summed E-state index contributed by atoms with van der Waals surface area (Å²) < 4.78 is 0. The van der Waals surface area contributed by atoms with E-state index in [-0.39, 0.29) is 11.9 Å². The van der Waals surface area contributed by atoms with Gasteiger partial charge in [-0.3, -0.25) is 9.69 Å². The molecule has 2 N–H and O–H groups in total. The Morgan fingerprint density at radius 3 is 2.81 bits per heavy atom. The van der Waals surface area contributed by atoms with Crippen molar-refractivity contribution in [2.75, 3.05) is 13.1 Å². The number of aryl methyl sites for hydroxylation is 2. The first-order valence-electron chi connectivity index (χ1n) is 10.2. The van der Waals surface area contributed by atoms with Gasteiger partial charge in [-0.2, -0.15) is 5.26 Å². The predicted molar refractivity (Wildman–Crippen MR) is 98.3 cm³/mol. The van der Waals surface area contributed by atoms with E-state index in [9.17, 15) is 10.1 Å². The summed E-state index contributed by atoms with van der Waals surface area (Å²) in [7, 11) is 0. The van der Waals surface area contributed by atoms with Crippen LogP contribution in [-0.4, -0.2) is 39.4 Å². The van der Waals surface area contributed by atoms with E-state index in [0.29, 0.717) is 6.54 Å². The minimum absolute atomic E-state index is 0.0170. The first kappa shape index (κ1) is 17.5. The molecule has 6 nitrogen and oxygen atoms in total. The van der Waals surface area contributed by atoms with E-state index in [1.807, 2.05) is 0 Å². The number of nitriles is 1. The molecule has 1 unspecified atom stereocenters. The zero-order valence-corrected chi connectivity index (χ0v) is 15.5. The van der Waals surface area contributed by atoms with Gasteiger partial charge in [-0.15, -0.1) is 0 Å². The maximum Gasteiger partial charge on any atom is 0.235 e. The van der Waals surface area contributed by atoms with Gasteiger partial charge < -0.3 is 10.3 Å². The lowest BCUT2D eigenvalue weighted by molar-refractivity contribution is -0.124. The number of aromatic nitrogens is 2. The average molecular weight is 355 g/mol. The van der Waals surface area contributed by atoms with Crippen LogP contribution in [0.1, 0.15) is 81.0 Å². The van der Waals surface area contributed by atoms with Crippen LogP contribution in [0.25, 0.3) is 0 Å². The van der Waals surface area contributed by atoms with E-state index >= 15 is 0 Å².